The first kappa shape index (κ1) is 12.1. The van der Waals surface area contributed by atoms with E-state index in [0.717, 1.165) is 5.69 Å². The summed E-state index contributed by atoms with van der Waals surface area (Å²) in [6, 6.07) is 5.76. The summed E-state index contributed by atoms with van der Waals surface area (Å²) >= 11 is 6.11. The molecule has 84 valence electrons. The van der Waals surface area contributed by atoms with Crippen LogP contribution >= 0.6 is 11.6 Å². The zero-order valence-corrected chi connectivity index (χ0v) is 10.1. The second-order valence-corrected chi connectivity index (χ2v) is 4.00. The molecule has 1 unspecified atom stereocenters. The molecular weight excluding hydrogens is 212 g/mol. The molecule has 4 heteroatoms. The Bertz CT molecular complexity index is 310. The summed E-state index contributed by atoms with van der Waals surface area (Å²) in [5.74, 6) is 0. The van der Waals surface area contributed by atoms with Crippen LogP contribution in [0.3, 0.4) is 0 Å². The van der Waals surface area contributed by atoms with E-state index in [4.69, 9.17) is 22.1 Å². The van der Waals surface area contributed by atoms with E-state index in [9.17, 15) is 0 Å². The van der Waals surface area contributed by atoms with Crippen LogP contribution in [0.4, 0.5) is 11.4 Å². The Morgan fingerprint density at radius 1 is 1.53 bits per heavy atom. The van der Waals surface area contributed by atoms with E-state index in [2.05, 4.69) is 6.92 Å². The summed E-state index contributed by atoms with van der Waals surface area (Å²) in [5.41, 5.74) is 7.44. The van der Waals surface area contributed by atoms with Crippen LogP contribution in [-0.4, -0.2) is 26.8 Å². The fourth-order valence-corrected chi connectivity index (χ4v) is 1.79. The van der Waals surface area contributed by atoms with Crippen molar-refractivity contribution in [2.45, 2.75) is 13.0 Å². The van der Waals surface area contributed by atoms with Gasteiger partial charge in [-0.05, 0) is 19.1 Å². The highest BCUT2D eigenvalue weighted by Gasteiger charge is 2.15. The fraction of sp³-hybridized carbons (Fsp3) is 0.455. The Kier molecular flexibility index (Phi) is 4.24. The maximum absolute atomic E-state index is 6.11. The van der Waals surface area contributed by atoms with E-state index in [1.165, 1.54) is 0 Å². The average Bonchev–Trinajstić information content (AvgIpc) is 2.17. The van der Waals surface area contributed by atoms with Crippen molar-refractivity contribution in [2.24, 2.45) is 0 Å². The molecule has 0 saturated heterocycles. The molecule has 15 heavy (non-hydrogen) atoms. The third-order valence-electron chi connectivity index (χ3n) is 2.44. The molecule has 0 heterocycles. The van der Waals surface area contributed by atoms with Crippen molar-refractivity contribution in [1.82, 2.24) is 0 Å². The van der Waals surface area contributed by atoms with Gasteiger partial charge in [0.1, 0.15) is 0 Å². The molecule has 1 rings (SSSR count). The zero-order chi connectivity index (χ0) is 11.4. The van der Waals surface area contributed by atoms with Gasteiger partial charge in [-0.15, -0.1) is 0 Å². The Morgan fingerprint density at radius 3 is 2.73 bits per heavy atom. The van der Waals surface area contributed by atoms with Crippen LogP contribution in [0.5, 0.6) is 0 Å². The molecule has 3 nitrogen and oxygen atoms in total. The van der Waals surface area contributed by atoms with E-state index >= 15 is 0 Å². The van der Waals surface area contributed by atoms with Crippen LogP contribution in [0.25, 0.3) is 0 Å². The molecule has 2 N–H and O–H groups in total. The molecule has 1 aromatic rings. The number of benzene rings is 1. The van der Waals surface area contributed by atoms with E-state index in [-0.39, 0.29) is 6.04 Å². The molecule has 1 atom stereocenters. The number of likely N-dealkylation sites (N-methyl/N-ethyl adjacent to an activating group) is 1. The van der Waals surface area contributed by atoms with E-state index in [1.54, 1.807) is 7.11 Å². The summed E-state index contributed by atoms with van der Waals surface area (Å²) in [5, 5.41) is 0.667. The monoisotopic (exact) mass is 228 g/mol. The molecule has 0 amide bonds. The Hall–Kier alpha value is -0.930. The minimum atomic E-state index is 0.234. The normalized spacial score (nSPS) is 12.5. The van der Waals surface area contributed by atoms with Gasteiger partial charge in [0.2, 0.25) is 0 Å². The maximum atomic E-state index is 6.11. The maximum Gasteiger partial charge on any atom is 0.0789 e. The molecule has 0 saturated carbocycles. The number of rotatable bonds is 4. The van der Waals surface area contributed by atoms with Gasteiger partial charge < -0.3 is 15.4 Å². The summed E-state index contributed by atoms with van der Waals surface area (Å²) < 4.78 is 5.10. The Morgan fingerprint density at radius 2 is 2.20 bits per heavy atom. The van der Waals surface area contributed by atoms with Crippen LogP contribution < -0.4 is 10.6 Å². The smallest absolute Gasteiger partial charge is 0.0789 e. The third kappa shape index (κ3) is 2.76. The lowest BCUT2D eigenvalue weighted by molar-refractivity contribution is 0.183. The van der Waals surface area contributed by atoms with Gasteiger partial charge in [-0.25, -0.2) is 0 Å². The molecule has 0 aliphatic carbocycles. The quantitative estimate of drug-likeness (QED) is 0.805. The van der Waals surface area contributed by atoms with Crippen molar-refractivity contribution in [3.8, 4) is 0 Å². The van der Waals surface area contributed by atoms with Crippen molar-refractivity contribution in [2.75, 3.05) is 31.4 Å². The zero-order valence-electron chi connectivity index (χ0n) is 9.33. The Balaban J connectivity index is 2.94. The molecule has 0 aliphatic heterocycles. The molecule has 0 spiro atoms. The van der Waals surface area contributed by atoms with Crippen LogP contribution in [0.1, 0.15) is 6.92 Å². The third-order valence-corrected chi connectivity index (χ3v) is 2.74. The molecular formula is C11H17ClN2O. The second kappa shape index (κ2) is 5.24. The number of nitrogens with zero attached hydrogens (tertiary/aromatic N) is 1. The minimum Gasteiger partial charge on any atom is -0.397 e. The van der Waals surface area contributed by atoms with Gasteiger partial charge in [0.25, 0.3) is 0 Å². The van der Waals surface area contributed by atoms with Crippen LogP contribution in [0.15, 0.2) is 18.2 Å². The lowest BCUT2D eigenvalue weighted by atomic mass is 10.2. The van der Waals surface area contributed by atoms with Crippen molar-refractivity contribution in [3.63, 3.8) is 0 Å². The number of halogens is 1. The van der Waals surface area contributed by atoms with Gasteiger partial charge >= 0.3 is 0 Å². The minimum absolute atomic E-state index is 0.234. The molecule has 0 aromatic heterocycles. The summed E-state index contributed by atoms with van der Waals surface area (Å²) in [6.07, 6.45) is 0. The molecule has 0 aliphatic rings. The van der Waals surface area contributed by atoms with Crippen molar-refractivity contribution in [1.29, 1.82) is 0 Å². The number of methoxy groups -OCH3 is 1. The van der Waals surface area contributed by atoms with Crippen molar-refractivity contribution in [3.05, 3.63) is 23.2 Å². The number of hydrogen-bond acceptors (Lipinski definition) is 3. The van der Waals surface area contributed by atoms with E-state index < -0.39 is 0 Å². The summed E-state index contributed by atoms with van der Waals surface area (Å²) in [7, 11) is 3.64. The Labute approximate surface area is 95.8 Å². The average molecular weight is 229 g/mol. The lowest BCUT2D eigenvalue weighted by Crippen LogP contribution is -2.33. The number of para-hydroxylation sites is 1. The first-order valence-electron chi connectivity index (χ1n) is 4.83. The predicted molar refractivity (Wildman–Crippen MR) is 65.6 cm³/mol. The highest BCUT2D eigenvalue weighted by Crippen LogP contribution is 2.31. The fourth-order valence-electron chi connectivity index (χ4n) is 1.48. The van der Waals surface area contributed by atoms with E-state index in [0.29, 0.717) is 17.3 Å². The topological polar surface area (TPSA) is 38.5 Å². The summed E-state index contributed by atoms with van der Waals surface area (Å²) in [4.78, 5) is 2.03. The first-order valence-corrected chi connectivity index (χ1v) is 5.21. The van der Waals surface area contributed by atoms with Gasteiger partial charge in [-0.3, -0.25) is 0 Å². The summed E-state index contributed by atoms with van der Waals surface area (Å²) in [6.45, 7) is 2.70. The lowest BCUT2D eigenvalue weighted by Gasteiger charge is -2.28. The van der Waals surface area contributed by atoms with Gasteiger partial charge in [0.05, 0.1) is 23.0 Å². The molecule has 0 radical (unpaired) electrons. The van der Waals surface area contributed by atoms with Gasteiger partial charge in [-0.1, -0.05) is 17.7 Å². The van der Waals surface area contributed by atoms with Crippen LogP contribution in [0, 0.1) is 0 Å². The highest BCUT2D eigenvalue weighted by molar-refractivity contribution is 6.34. The standard InChI is InChI=1S/C11H17ClN2O/c1-8(7-15-3)14(2)11-9(12)5-4-6-10(11)13/h4-6,8H,7,13H2,1-3H3. The SMILES string of the molecule is COCC(C)N(C)c1c(N)cccc1Cl. The van der Waals surface area contributed by atoms with Crippen LogP contribution in [-0.2, 0) is 4.74 Å². The first-order chi connectivity index (χ1) is 7.07. The van der Waals surface area contributed by atoms with Gasteiger partial charge in [0, 0.05) is 20.2 Å². The number of anilines is 2. The molecule has 1 aromatic carbocycles. The van der Waals surface area contributed by atoms with Gasteiger partial charge in [0.15, 0.2) is 0 Å². The van der Waals surface area contributed by atoms with Crippen molar-refractivity contribution < 1.29 is 4.74 Å². The number of nitrogen functional groups attached to an aromatic ring is 1. The number of hydrogen-bond donors (Lipinski definition) is 1. The predicted octanol–water partition coefficient (Wildman–Crippen LogP) is 2.39. The van der Waals surface area contributed by atoms with Crippen LogP contribution in [0.2, 0.25) is 5.02 Å². The molecule has 0 fully saturated rings. The number of nitrogens with two attached hydrogens (primary N) is 1. The van der Waals surface area contributed by atoms with Gasteiger partial charge in [-0.2, -0.15) is 0 Å². The highest BCUT2D eigenvalue weighted by atomic mass is 35.5. The molecule has 0 bridgehead atoms. The number of ether oxygens (including phenoxy) is 1. The van der Waals surface area contributed by atoms with Crippen molar-refractivity contribution >= 4 is 23.0 Å². The second-order valence-electron chi connectivity index (χ2n) is 3.59. The van der Waals surface area contributed by atoms with E-state index in [1.807, 2.05) is 30.1 Å². The largest absolute Gasteiger partial charge is 0.397 e.